The van der Waals surface area contributed by atoms with Crippen LogP contribution in [-0.2, 0) is 4.79 Å². The average molecular weight is 325 g/mol. The standard InChI is InChI=1S/C19H23N3O2/c23-18(11-21-16-5-6-16)22-9-1-2-15(12-22)14-4-3-13-7-8-20-19(24)17(13)10-14/h3-4,7-8,10,15-16,21H,1-2,5-6,9,11-12H2,(H,20,24). The third-order valence-electron chi connectivity index (χ3n) is 5.16. The van der Waals surface area contributed by atoms with Gasteiger partial charge in [-0.15, -0.1) is 0 Å². The summed E-state index contributed by atoms with van der Waals surface area (Å²) in [5, 5.41) is 4.99. The highest BCUT2D eigenvalue weighted by atomic mass is 16.2. The van der Waals surface area contributed by atoms with Gasteiger partial charge in [0.15, 0.2) is 0 Å². The van der Waals surface area contributed by atoms with Crippen molar-refractivity contribution in [1.29, 1.82) is 0 Å². The molecule has 1 saturated heterocycles. The van der Waals surface area contributed by atoms with E-state index in [1.165, 1.54) is 12.8 Å². The van der Waals surface area contributed by atoms with Crippen molar-refractivity contribution in [2.75, 3.05) is 19.6 Å². The van der Waals surface area contributed by atoms with Crippen LogP contribution in [0.1, 0.15) is 37.2 Å². The monoisotopic (exact) mass is 325 g/mol. The van der Waals surface area contributed by atoms with Gasteiger partial charge >= 0.3 is 0 Å². The van der Waals surface area contributed by atoms with E-state index >= 15 is 0 Å². The maximum atomic E-state index is 12.4. The minimum Gasteiger partial charge on any atom is -0.341 e. The van der Waals surface area contributed by atoms with E-state index in [-0.39, 0.29) is 11.5 Å². The molecular formula is C19H23N3O2. The lowest BCUT2D eigenvalue weighted by atomic mass is 9.89. The Morgan fingerprint density at radius 2 is 2.12 bits per heavy atom. The van der Waals surface area contributed by atoms with Crippen molar-refractivity contribution >= 4 is 16.7 Å². The summed E-state index contributed by atoms with van der Waals surface area (Å²) in [5.74, 6) is 0.512. The second-order valence-corrected chi connectivity index (χ2v) is 6.99. The van der Waals surface area contributed by atoms with Gasteiger partial charge in [-0.05, 0) is 48.8 Å². The van der Waals surface area contributed by atoms with Crippen LogP contribution in [0.3, 0.4) is 0 Å². The maximum Gasteiger partial charge on any atom is 0.255 e. The lowest BCUT2D eigenvalue weighted by Gasteiger charge is -2.33. The van der Waals surface area contributed by atoms with Crippen LogP contribution in [0.4, 0.5) is 0 Å². The number of fused-ring (bicyclic) bond motifs is 1. The van der Waals surface area contributed by atoms with Gasteiger partial charge in [-0.2, -0.15) is 0 Å². The number of carbonyl (C=O) groups is 1. The van der Waals surface area contributed by atoms with Gasteiger partial charge in [0.1, 0.15) is 0 Å². The predicted molar refractivity (Wildman–Crippen MR) is 94.1 cm³/mol. The molecule has 2 fully saturated rings. The van der Waals surface area contributed by atoms with Gasteiger partial charge in [0.25, 0.3) is 5.56 Å². The number of aromatic nitrogens is 1. The number of H-pyrrole nitrogens is 1. The molecule has 1 saturated carbocycles. The summed E-state index contributed by atoms with van der Waals surface area (Å²) in [4.78, 5) is 29.1. The van der Waals surface area contributed by atoms with Crippen molar-refractivity contribution in [1.82, 2.24) is 15.2 Å². The molecule has 1 aliphatic carbocycles. The fraction of sp³-hybridized carbons (Fsp3) is 0.474. The number of carbonyl (C=O) groups excluding carboxylic acids is 1. The van der Waals surface area contributed by atoms with Crippen molar-refractivity contribution in [3.05, 3.63) is 46.4 Å². The number of piperidine rings is 1. The first-order chi connectivity index (χ1) is 11.7. The van der Waals surface area contributed by atoms with Crippen LogP contribution in [0.5, 0.6) is 0 Å². The van der Waals surface area contributed by atoms with E-state index in [1.54, 1.807) is 6.20 Å². The molecule has 2 N–H and O–H groups in total. The molecule has 4 rings (SSSR count). The minimum atomic E-state index is -0.0493. The molecule has 0 spiro atoms. The molecule has 1 amide bonds. The van der Waals surface area contributed by atoms with Gasteiger partial charge in [0.05, 0.1) is 6.54 Å². The van der Waals surface area contributed by atoms with Gasteiger partial charge in [-0.3, -0.25) is 9.59 Å². The van der Waals surface area contributed by atoms with Crippen LogP contribution in [0, 0.1) is 0 Å². The van der Waals surface area contributed by atoms with E-state index in [1.807, 2.05) is 23.1 Å². The van der Waals surface area contributed by atoms with Crippen LogP contribution in [0.15, 0.2) is 35.3 Å². The molecule has 126 valence electrons. The van der Waals surface area contributed by atoms with Crippen molar-refractivity contribution in [2.45, 2.75) is 37.6 Å². The Morgan fingerprint density at radius 3 is 2.96 bits per heavy atom. The van der Waals surface area contributed by atoms with Crippen molar-refractivity contribution in [3.8, 4) is 0 Å². The summed E-state index contributed by atoms with van der Waals surface area (Å²) in [7, 11) is 0. The molecule has 1 atom stereocenters. The number of hydrogen-bond acceptors (Lipinski definition) is 3. The summed E-state index contributed by atoms with van der Waals surface area (Å²) in [6.07, 6.45) is 6.15. The molecule has 0 radical (unpaired) electrons. The third kappa shape index (κ3) is 3.22. The molecule has 1 aromatic heterocycles. The number of hydrogen-bond donors (Lipinski definition) is 2. The number of aromatic amines is 1. The molecule has 1 aliphatic heterocycles. The fourth-order valence-corrected chi connectivity index (χ4v) is 3.56. The van der Waals surface area contributed by atoms with Crippen LogP contribution in [-0.4, -0.2) is 41.5 Å². The van der Waals surface area contributed by atoms with E-state index in [9.17, 15) is 9.59 Å². The van der Waals surface area contributed by atoms with Crippen LogP contribution < -0.4 is 10.9 Å². The largest absolute Gasteiger partial charge is 0.341 e. The maximum absolute atomic E-state index is 12.4. The van der Waals surface area contributed by atoms with E-state index < -0.39 is 0 Å². The first-order valence-corrected chi connectivity index (χ1v) is 8.83. The second-order valence-electron chi connectivity index (χ2n) is 6.99. The molecule has 1 aromatic carbocycles. The van der Waals surface area contributed by atoms with Crippen molar-refractivity contribution in [3.63, 3.8) is 0 Å². The zero-order valence-corrected chi connectivity index (χ0v) is 13.8. The van der Waals surface area contributed by atoms with Gasteiger partial charge in [0, 0.05) is 36.6 Å². The summed E-state index contributed by atoms with van der Waals surface area (Å²) in [5.41, 5.74) is 1.11. The molecular weight excluding hydrogens is 302 g/mol. The van der Waals surface area contributed by atoms with Crippen LogP contribution in [0.2, 0.25) is 0 Å². The van der Waals surface area contributed by atoms with Crippen LogP contribution >= 0.6 is 0 Å². The van der Waals surface area contributed by atoms with E-state index in [0.717, 1.165) is 42.3 Å². The second kappa shape index (κ2) is 6.40. The highest BCUT2D eigenvalue weighted by Crippen LogP contribution is 2.28. The Kier molecular flexibility index (Phi) is 4.10. The third-order valence-corrected chi connectivity index (χ3v) is 5.16. The quantitative estimate of drug-likeness (QED) is 0.903. The number of likely N-dealkylation sites (tertiary alicyclic amines) is 1. The lowest BCUT2D eigenvalue weighted by molar-refractivity contribution is -0.131. The summed E-state index contributed by atoms with van der Waals surface area (Å²) in [6, 6.07) is 8.58. The number of nitrogens with one attached hydrogen (secondary N) is 2. The van der Waals surface area contributed by atoms with Gasteiger partial charge in [0.2, 0.25) is 5.91 Å². The summed E-state index contributed by atoms with van der Waals surface area (Å²) < 4.78 is 0. The number of pyridine rings is 1. The predicted octanol–water partition coefficient (Wildman–Crippen LogP) is 1.99. The highest BCUT2D eigenvalue weighted by molar-refractivity contribution is 5.82. The smallest absolute Gasteiger partial charge is 0.255 e. The summed E-state index contributed by atoms with van der Waals surface area (Å²) >= 11 is 0. The Balaban J connectivity index is 1.49. The molecule has 5 nitrogen and oxygen atoms in total. The Bertz CT molecular complexity index is 810. The average Bonchev–Trinajstić information content (AvgIpc) is 3.44. The number of rotatable bonds is 4. The first kappa shape index (κ1) is 15.4. The molecule has 2 aromatic rings. The fourth-order valence-electron chi connectivity index (χ4n) is 3.56. The number of benzene rings is 1. The van der Waals surface area contributed by atoms with Gasteiger partial charge in [-0.1, -0.05) is 12.1 Å². The van der Waals surface area contributed by atoms with E-state index in [2.05, 4.69) is 16.4 Å². The van der Waals surface area contributed by atoms with Crippen molar-refractivity contribution < 1.29 is 4.79 Å². The number of amides is 1. The minimum absolute atomic E-state index is 0.0493. The molecule has 2 aliphatic rings. The molecule has 0 bridgehead atoms. The van der Waals surface area contributed by atoms with Gasteiger partial charge in [-0.25, -0.2) is 0 Å². The zero-order chi connectivity index (χ0) is 16.5. The topological polar surface area (TPSA) is 65.2 Å². The zero-order valence-electron chi connectivity index (χ0n) is 13.8. The van der Waals surface area contributed by atoms with Crippen LogP contribution in [0.25, 0.3) is 10.8 Å². The Hall–Kier alpha value is -2.14. The highest BCUT2D eigenvalue weighted by Gasteiger charge is 2.27. The molecule has 1 unspecified atom stereocenters. The molecule has 2 heterocycles. The van der Waals surface area contributed by atoms with Crippen molar-refractivity contribution in [2.24, 2.45) is 0 Å². The first-order valence-electron chi connectivity index (χ1n) is 8.83. The Morgan fingerprint density at radius 1 is 1.25 bits per heavy atom. The van der Waals surface area contributed by atoms with Gasteiger partial charge < -0.3 is 15.2 Å². The SMILES string of the molecule is O=C(CNC1CC1)N1CCCC(c2ccc3cc[nH]c(=O)c3c2)C1. The van der Waals surface area contributed by atoms with E-state index in [0.29, 0.717) is 18.5 Å². The number of nitrogens with zero attached hydrogens (tertiary/aromatic N) is 1. The molecule has 24 heavy (non-hydrogen) atoms. The lowest BCUT2D eigenvalue weighted by Crippen LogP contribution is -2.43. The van der Waals surface area contributed by atoms with E-state index in [4.69, 9.17) is 0 Å². The Labute approximate surface area is 141 Å². The molecule has 5 heteroatoms. The normalized spacial score (nSPS) is 21.2. The summed E-state index contributed by atoms with van der Waals surface area (Å²) in [6.45, 7) is 2.05.